The SMILES string of the molecule is O=C(CN(Cc1ccccc1)c1nc(Cc2ccc(Cl)cc2)ns1)N1CCN(c2cccc(Cl)c2)CC1. The molecule has 0 bridgehead atoms. The van der Waals surface area contributed by atoms with Crippen molar-refractivity contribution in [1.82, 2.24) is 14.3 Å². The van der Waals surface area contributed by atoms with E-state index in [2.05, 4.69) is 27.5 Å². The number of benzene rings is 3. The van der Waals surface area contributed by atoms with E-state index in [1.54, 1.807) is 0 Å². The molecule has 4 aromatic rings. The highest BCUT2D eigenvalue weighted by molar-refractivity contribution is 7.09. The molecule has 0 unspecified atom stereocenters. The fraction of sp³-hybridized carbons (Fsp3) is 0.250. The maximum Gasteiger partial charge on any atom is 0.242 e. The number of carbonyl (C=O) groups excluding carboxylic acids is 1. The standard InChI is InChI=1S/C28H27Cl2N5OS/c29-23-11-9-21(10-12-23)17-26-31-28(37-32-26)35(19-22-5-2-1-3-6-22)20-27(36)34-15-13-33(14-16-34)25-8-4-7-24(30)18-25/h1-12,18H,13-17,19-20H2. The van der Waals surface area contributed by atoms with Crippen LogP contribution in [0, 0.1) is 0 Å². The van der Waals surface area contributed by atoms with Gasteiger partial charge in [-0.05, 0) is 41.5 Å². The Labute approximate surface area is 231 Å². The minimum Gasteiger partial charge on any atom is -0.368 e. The van der Waals surface area contributed by atoms with E-state index in [-0.39, 0.29) is 12.5 Å². The maximum absolute atomic E-state index is 13.4. The lowest BCUT2D eigenvalue weighted by atomic mass is 10.1. The van der Waals surface area contributed by atoms with Gasteiger partial charge < -0.3 is 14.7 Å². The average molecular weight is 553 g/mol. The Bertz CT molecular complexity index is 1320. The second-order valence-electron chi connectivity index (χ2n) is 8.99. The van der Waals surface area contributed by atoms with Crippen LogP contribution in [0.25, 0.3) is 0 Å². The molecular weight excluding hydrogens is 525 g/mol. The number of hydrogen-bond acceptors (Lipinski definition) is 6. The summed E-state index contributed by atoms with van der Waals surface area (Å²) in [5.74, 6) is 0.832. The number of aromatic nitrogens is 2. The number of piperazine rings is 1. The molecule has 0 N–H and O–H groups in total. The van der Waals surface area contributed by atoms with Crippen molar-refractivity contribution in [2.24, 2.45) is 0 Å². The molecule has 1 amide bonds. The first-order valence-corrected chi connectivity index (χ1v) is 13.7. The van der Waals surface area contributed by atoms with Crippen molar-refractivity contribution in [2.75, 3.05) is 42.5 Å². The van der Waals surface area contributed by atoms with Crippen molar-refractivity contribution in [3.63, 3.8) is 0 Å². The number of nitrogens with zero attached hydrogens (tertiary/aromatic N) is 5. The van der Waals surface area contributed by atoms with Gasteiger partial charge in [0, 0.05) is 66.4 Å². The average Bonchev–Trinajstić information content (AvgIpc) is 3.39. The molecule has 190 valence electrons. The number of halogens is 2. The molecular formula is C28H27Cl2N5OS. The highest BCUT2D eigenvalue weighted by Gasteiger charge is 2.25. The fourth-order valence-electron chi connectivity index (χ4n) is 4.37. The van der Waals surface area contributed by atoms with Crippen molar-refractivity contribution in [1.29, 1.82) is 0 Å². The first-order valence-electron chi connectivity index (χ1n) is 12.2. The lowest BCUT2D eigenvalue weighted by Gasteiger charge is -2.37. The Morgan fingerprint density at radius 3 is 2.35 bits per heavy atom. The summed E-state index contributed by atoms with van der Waals surface area (Å²) in [5, 5.41) is 2.18. The summed E-state index contributed by atoms with van der Waals surface area (Å²) >= 11 is 13.5. The Balaban J connectivity index is 1.26. The third-order valence-electron chi connectivity index (χ3n) is 6.35. The monoisotopic (exact) mass is 551 g/mol. The number of anilines is 2. The smallest absolute Gasteiger partial charge is 0.242 e. The largest absolute Gasteiger partial charge is 0.368 e. The van der Waals surface area contributed by atoms with E-state index in [4.69, 9.17) is 28.2 Å². The minimum absolute atomic E-state index is 0.0936. The van der Waals surface area contributed by atoms with Gasteiger partial charge in [0.25, 0.3) is 0 Å². The quantitative estimate of drug-likeness (QED) is 0.277. The molecule has 0 atom stereocenters. The zero-order valence-electron chi connectivity index (χ0n) is 20.3. The van der Waals surface area contributed by atoms with Crippen LogP contribution in [0.4, 0.5) is 10.8 Å². The van der Waals surface area contributed by atoms with E-state index in [1.165, 1.54) is 11.5 Å². The Morgan fingerprint density at radius 1 is 0.865 bits per heavy atom. The maximum atomic E-state index is 13.4. The summed E-state index contributed by atoms with van der Waals surface area (Å²) in [7, 11) is 0. The summed E-state index contributed by atoms with van der Waals surface area (Å²) in [6.45, 7) is 3.72. The highest BCUT2D eigenvalue weighted by atomic mass is 35.5. The summed E-state index contributed by atoms with van der Waals surface area (Å²) < 4.78 is 4.58. The molecule has 1 saturated heterocycles. The van der Waals surface area contributed by atoms with E-state index in [0.29, 0.717) is 31.1 Å². The van der Waals surface area contributed by atoms with Crippen LogP contribution in [0.5, 0.6) is 0 Å². The van der Waals surface area contributed by atoms with E-state index in [1.807, 2.05) is 70.5 Å². The van der Waals surface area contributed by atoms with Crippen LogP contribution in [0.1, 0.15) is 17.0 Å². The van der Waals surface area contributed by atoms with Crippen LogP contribution in [0.2, 0.25) is 10.0 Å². The van der Waals surface area contributed by atoms with Gasteiger partial charge in [-0.25, -0.2) is 4.98 Å². The first-order chi connectivity index (χ1) is 18.0. The normalized spacial score (nSPS) is 13.6. The third-order valence-corrected chi connectivity index (χ3v) is 7.65. The molecule has 3 aromatic carbocycles. The van der Waals surface area contributed by atoms with Crippen LogP contribution in [-0.2, 0) is 17.8 Å². The van der Waals surface area contributed by atoms with Crippen molar-refractivity contribution >= 4 is 51.5 Å². The van der Waals surface area contributed by atoms with Gasteiger partial charge in [-0.15, -0.1) is 0 Å². The van der Waals surface area contributed by atoms with Crippen molar-refractivity contribution in [3.8, 4) is 0 Å². The number of hydrogen-bond donors (Lipinski definition) is 0. The van der Waals surface area contributed by atoms with Gasteiger partial charge in [-0.3, -0.25) is 4.79 Å². The molecule has 1 aliphatic heterocycles. The lowest BCUT2D eigenvalue weighted by molar-refractivity contribution is -0.130. The van der Waals surface area contributed by atoms with Crippen LogP contribution >= 0.6 is 34.7 Å². The summed E-state index contributed by atoms with van der Waals surface area (Å²) in [5.41, 5.74) is 3.31. The molecule has 1 fully saturated rings. The minimum atomic E-state index is 0.0936. The van der Waals surface area contributed by atoms with Crippen molar-refractivity contribution < 1.29 is 4.79 Å². The first kappa shape index (κ1) is 25.5. The zero-order valence-corrected chi connectivity index (χ0v) is 22.6. The number of carbonyl (C=O) groups is 1. The molecule has 0 spiro atoms. The number of rotatable bonds is 8. The van der Waals surface area contributed by atoms with Crippen LogP contribution < -0.4 is 9.80 Å². The molecule has 0 saturated carbocycles. The molecule has 6 nitrogen and oxygen atoms in total. The molecule has 1 aromatic heterocycles. The van der Waals surface area contributed by atoms with Crippen molar-refractivity contribution in [3.05, 3.63) is 106 Å². The topological polar surface area (TPSA) is 52.6 Å². The highest BCUT2D eigenvalue weighted by Crippen LogP contribution is 2.24. The van der Waals surface area contributed by atoms with Gasteiger partial charge in [0.05, 0.1) is 6.54 Å². The lowest BCUT2D eigenvalue weighted by Crippen LogP contribution is -2.51. The molecule has 1 aliphatic rings. The van der Waals surface area contributed by atoms with Crippen LogP contribution in [0.3, 0.4) is 0 Å². The van der Waals surface area contributed by atoms with E-state index in [9.17, 15) is 4.79 Å². The molecule has 2 heterocycles. The second kappa shape index (κ2) is 11.9. The van der Waals surface area contributed by atoms with Crippen LogP contribution in [-0.4, -0.2) is 52.9 Å². The van der Waals surface area contributed by atoms with Gasteiger partial charge in [0.2, 0.25) is 11.0 Å². The fourth-order valence-corrected chi connectivity index (χ4v) is 5.37. The van der Waals surface area contributed by atoms with Gasteiger partial charge in [0.15, 0.2) is 0 Å². The predicted molar refractivity (Wildman–Crippen MR) is 152 cm³/mol. The Hall–Kier alpha value is -3.13. The molecule has 0 radical (unpaired) electrons. The summed E-state index contributed by atoms with van der Waals surface area (Å²) in [4.78, 5) is 24.4. The molecule has 9 heteroatoms. The van der Waals surface area contributed by atoms with E-state index in [0.717, 1.165) is 45.9 Å². The van der Waals surface area contributed by atoms with Gasteiger partial charge in [0.1, 0.15) is 5.82 Å². The number of amides is 1. The second-order valence-corrected chi connectivity index (χ2v) is 10.6. The summed E-state index contributed by atoms with van der Waals surface area (Å²) in [6.07, 6.45) is 0.617. The summed E-state index contributed by atoms with van der Waals surface area (Å²) in [6, 6.07) is 25.7. The zero-order chi connectivity index (χ0) is 25.6. The molecule has 0 aliphatic carbocycles. The van der Waals surface area contributed by atoms with Gasteiger partial charge >= 0.3 is 0 Å². The van der Waals surface area contributed by atoms with Crippen molar-refractivity contribution in [2.45, 2.75) is 13.0 Å². The predicted octanol–water partition coefficient (Wildman–Crippen LogP) is 5.79. The van der Waals surface area contributed by atoms with Crippen LogP contribution in [0.15, 0.2) is 78.9 Å². The Kier molecular flexibility index (Phi) is 8.24. The van der Waals surface area contributed by atoms with E-state index >= 15 is 0 Å². The molecule has 37 heavy (non-hydrogen) atoms. The van der Waals surface area contributed by atoms with Gasteiger partial charge in [-0.2, -0.15) is 4.37 Å². The Morgan fingerprint density at radius 2 is 1.62 bits per heavy atom. The van der Waals surface area contributed by atoms with Gasteiger partial charge in [-0.1, -0.05) is 71.7 Å². The third kappa shape index (κ3) is 6.80. The van der Waals surface area contributed by atoms with E-state index < -0.39 is 0 Å². The molecule has 5 rings (SSSR count).